The van der Waals surface area contributed by atoms with Gasteiger partial charge in [-0.15, -0.1) is 0 Å². The van der Waals surface area contributed by atoms with Gasteiger partial charge in [-0.05, 0) is 45.7 Å². The van der Waals surface area contributed by atoms with E-state index in [-0.39, 0.29) is 18.5 Å². The molecule has 0 spiro atoms. The molecule has 2 heterocycles. The highest BCUT2D eigenvalue weighted by molar-refractivity contribution is 7.89. The number of ether oxygens (including phenoxy) is 1. The average molecular weight is 333 g/mol. The minimum atomic E-state index is -3.16. The van der Waals surface area contributed by atoms with Crippen molar-refractivity contribution in [1.82, 2.24) is 14.5 Å². The monoisotopic (exact) mass is 333 g/mol. The van der Waals surface area contributed by atoms with Gasteiger partial charge in [-0.3, -0.25) is 0 Å². The molecule has 2 aliphatic rings. The fourth-order valence-electron chi connectivity index (χ4n) is 3.14. The Labute approximate surface area is 135 Å². The Morgan fingerprint density at radius 2 is 1.77 bits per heavy atom. The molecule has 22 heavy (non-hydrogen) atoms. The van der Waals surface area contributed by atoms with E-state index in [0.717, 1.165) is 38.6 Å². The zero-order chi connectivity index (χ0) is 16.0. The normalized spacial score (nSPS) is 23.2. The van der Waals surface area contributed by atoms with E-state index < -0.39 is 10.0 Å². The summed E-state index contributed by atoms with van der Waals surface area (Å²) in [4.78, 5) is 2.42. The Kier molecular flexibility index (Phi) is 7.08. The zero-order valence-corrected chi connectivity index (χ0v) is 14.8. The van der Waals surface area contributed by atoms with Crippen LogP contribution in [0.4, 0.5) is 0 Å². The predicted octanol–water partition coefficient (Wildman–Crippen LogP) is 0.358. The van der Waals surface area contributed by atoms with Gasteiger partial charge in [-0.2, -0.15) is 4.31 Å². The third kappa shape index (κ3) is 5.77. The Morgan fingerprint density at radius 1 is 1.14 bits per heavy atom. The van der Waals surface area contributed by atoms with E-state index in [2.05, 4.69) is 10.2 Å². The maximum absolute atomic E-state index is 12.3. The molecule has 7 heteroatoms. The van der Waals surface area contributed by atoms with Crippen molar-refractivity contribution in [3.63, 3.8) is 0 Å². The van der Waals surface area contributed by atoms with Crippen molar-refractivity contribution in [2.45, 2.75) is 32.8 Å². The van der Waals surface area contributed by atoms with Gasteiger partial charge in [0.25, 0.3) is 0 Å². The highest BCUT2D eigenvalue weighted by Crippen LogP contribution is 2.16. The van der Waals surface area contributed by atoms with Crippen LogP contribution in [-0.4, -0.2) is 81.9 Å². The SMILES string of the molecule is CC(C)OCCS(=O)(=O)N1CCN(CC2CCNCC2)CC1. The van der Waals surface area contributed by atoms with Crippen LogP contribution in [0.2, 0.25) is 0 Å². The summed E-state index contributed by atoms with van der Waals surface area (Å²) < 4.78 is 31.6. The molecule has 2 rings (SSSR count). The van der Waals surface area contributed by atoms with Gasteiger partial charge < -0.3 is 15.0 Å². The molecule has 0 aliphatic carbocycles. The second kappa shape index (κ2) is 8.59. The molecule has 0 bridgehead atoms. The summed E-state index contributed by atoms with van der Waals surface area (Å²) in [6.45, 7) is 10.4. The van der Waals surface area contributed by atoms with Crippen LogP contribution < -0.4 is 5.32 Å². The quantitative estimate of drug-likeness (QED) is 0.729. The van der Waals surface area contributed by atoms with E-state index in [9.17, 15) is 8.42 Å². The lowest BCUT2D eigenvalue weighted by molar-refractivity contribution is 0.0901. The molecule has 2 saturated heterocycles. The Morgan fingerprint density at radius 3 is 2.36 bits per heavy atom. The second-order valence-electron chi connectivity index (χ2n) is 6.63. The van der Waals surface area contributed by atoms with Gasteiger partial charge >= 0.3 is 0 Å². The molecule has 2 fully saturated rings. The number of rotatable bonds is 7. The van der Waals surface area contributed by atoms with E-state index >= 15 is 0 Å². The van der Waals surface area contributed by atoms with Crippen LogP contribution in [0.25, 0.3) is 0 Å². The van der Waals surface area contributed by atoms with Gasteiger partial charge in [0.2, 0.25) is 10.0 Å². The van der Waals surface area contributed by atoms with E-state index in [1.54, 1.807) is 4.31 Å². The molecule has 0 radical (unpaired) electrons. The van der Waals surface area contributed by atoms with Crippen molar-refractivity contribution >= 4 is 10.0 Å². The van der Waals surface area contributed by atoms with Gasteiger partial charge in [-0.25, -0.2) is 8.42 Å². The third-order valence-corrected chi connectivity index (χ3v) is 6.33. The molecule has 0 aromatic rings. The number of nitrogens with zero attached hydrogens (tertiary/aromatic N) is 2. The summed E-state index contributed by atoms with van der Waals surface area (Å²) in [6.07, 6.45) is 2.56. The Bertz CT molecular complexity index is 414. The van der Waals surface area contributed by atoms with E-state index in [0.29, 0.717) is 13.1 Å². The molecule has 0 atom stereocenters. The first-order valence-corrected chi connectivity index (χ1v) is 10.1. The number of sulfonamides is 1. The highest BCUT2D eigenvalue weighted by atomic mass is 32.2. The fraction of sp³-hybridized carbons (Fsp3) is 1.00. The number of nitrogens with one attached hydrogen (secondary N) is 1. The molecule has 1 N–H and O–H groups in total. The van der Waals surface area contributed by atoms with Crippen molar-refractivity contribution in [3.8, 4) is 0 Å². The highest BCUT2D eigenvalue weighted by Gasteiger charge is 2.28. The van der Waals surface area contributed by atoms with Gasteiger partial charge in [-0.1, -0.05) is 0 Å². The van der Waals surface area contributed by atoms with Crippen molar-refractivity contribution in [3.05, 3.63) is 0 Å². The maximum Gasteiger partial charge on any atom is 0.216 e. The fourth-order valence-corrected chi connectivity index (χ4v) is 4.42. The third-order valence-electron chi connectivity index (χ3n) is 4.49. The van der Waals surface area contributed by atoms with Crippen LogP contribution in [0.15, 0.2) is 0 Å². The lowest BCUT2D eigenvalue weighted by atomic mass is 9.97. The van der Waals surface area contributed by atoms with Crippen molar-refractivity contribution in [1.29, 1.82) is 0 Å². The smallest absolute Gasteiger partial charge is 0.216 e. The van der Waals surface area contributed by atoms with Gasteiger partial charge in [0.15, 0.2) is 0 Å². The van der Waals surface area contributed by atoms with Gasteiger partial charge in [0.1, 0.15) is 0 Å². The average Bonchev–Trinajstić information content (AvgIpc) is 2.48. The second-order valence-corrected chi connectivity index (χ2v) is 8.72. The molecule has 6 nitrogen and oxygen atoms in total. The van der Waals surface area contributed by atoms with E-state index in [1.165, 1.54) is 12.8 Å². The molecular formula is C15H31N3O3S. The van der Waals surface area contributed by atoms with Crippen LogP contribution in [0.1, 0.15) is 26.7 Å². The molecule has 2 aliphatic heterocycles. The van der Waals surface area contributed by atoms with Crippen LogP contribution >= 0.6 is 0 Å². The first-order valence-electron chi connectivity index (χ1n) is 8.50. The molecule has 0 saturated carbocycles. The number of piperidine rings is 1. The molecular weight excluding hydrogens is 302 g/mol. The predicted molar refractivity (Wildman–Crippen MR) is 88.5 cm³/mol. The lowest BCUT2D eigenvalue weighted by Crippen LogP contribution is -2.51. The van der Waals surface area contributed by atoms with Crippen LogP contribution in [0.3, 0.4) is 0 Å². The maximum atomic E-state index is 12.3. The topological polar surface area (TPSA) is 61.9 Å². The minimum Gasteiger partial charge on any atom is -0.378 e. The summed E-state index contributed by atoms with van der Waals surface area (Å²) in [5, 5.41) is 3.39. The first kappa shape index (κ1) is 18.1. The van der Waals surface area contributed by atoms with Gasteiger partial charge in [0, 0.05) is 32.7 Å². The van der Waals surface area contributed by atoms with E-state index in [1.807, 2.05) is 13.8 Å². The molecule has 0 unspecified atom stereocenters. The van der Waals surface area contributed by atoms with Crippen LogP contribution in [-0.2, 0) is 14.8 Å². The summed E-state index contributed by atoms with van der Waals surface area (Å²) in [6, 6.07) is 0. The molecule has 130 valence electrons. The standard InChI is InChI=1S/C15H31N3O3S/c1-14(2)21-11-12-22(19,20)18-9-7-17(8-10-18)13-15-3-5-16-6-4-15/h14-16H,3-13H2,1-2H3. The Hall–Kier alpha value is -0.210. The summed E-state index contributed by atoms with van der Waals surface area (Å²) >= 11 is 0. The van der Waals surface area contributed by atoms with Gasteiger partial charge in [0.05, 0.1) is 18.5 Å². The van der Waals surface area contributed by atoms with Crippen molar-refractivity contribution in [2.24, 2.45) is 5.92 Å². The minimum absolute atomic E-state index is 0.0806. The van der Waals surface area contributed by atoms with Crippen LogP contribution in [0, 0.1) is 5.92 Å². The van der Waals surface area contributed by atoms with Crippen LogP contribution in [0.5, 0.6) is 0 Å². The summed E-state index contributed by atoms with van der Waals surface area (Å²) in [5.74, 6) is 0.864. The first-order chi connectivity index (χ1) is 10.5. The van der Waals surface area contributed by atoms with Crippen molar-refractivity contribution in [2.75, 3.05) is 58.2 Å². The largest absolute Gasteiger partial charge is 0.378 e. The summed E-state index contributed by atoms with van der Waals surface area (Å²) in [5.41, 5.74) is 0. The Balaban J connectivity index is 1.71. The number of hydrogen-bond acceptors (Lipinski definition) is 5. The van der Waals surface area contributed by atoms with Crippen molar-refractivity contribution < 1.29 is 13.2 Å². The number of piperazine rings is 1. The van der Waals surface area contributed by atoms with E-state index in [4.69, 9.17) is 4.74 Å². The molecule has 0 aromatic carbocycles. The summed E-state index contributed by atoms with van der Waals surface area (Å²) in [7, 11) is -3.16. The lowest BCUT2D eigenvalue weighted by Gasteiger charge is -2.36. The molecule has 0 aromatic heterocycles. The zero-order valence-electron chi connectivity index (χ0n) is 14.0. The molecule has 0 amide bonds. The number of hydrogen-bond donors (Lipinski definition) is 1.